The molecule has 72 valence electrons. The number of hydrogen-bond acceptors (Lipinski definition) is 5. The maximum atomic E-state index is 5.74. The Morgan fingerprint density at radius 3 is 2.50 bits per heavy atom. The summed E-state index contributed by atoms with van der Waals surface area (Å²) in [7, 11) is 0. The van der Waals surface area contributed by atoms with Gasteiger partial charge in [0.15, 0.2) is 0 Å². The summed E-state index contributed by atoms with van der Waals surface area (Å²) in [4.78, 5) is 12.3. The van der Waals surface area contributed by atoms with E-state index >= 15 is 0 Å². The van der Waals surface area contributed by atoms with E-state index in [0.717, 1.165) is 22.3 Å². The van der Waals surface area contributed by atoms with Crippen molar-refractivity contribution in [1.82, 2.24) is 15.0 Å². The number of pyridine rings is 1. The van der Waals surface area contributed by atoms with Crippen molar-refractivity contribution in [2.24, 2.45) is 0 Å². The summed E-state index contributed by atoms with van der Waals surface area (Å²) in [5.74, 6) is 0.581. The Bertz CT molecular complexity index is 463. The van der Waals surface area contributed by atoms with E-state index in [1.807, 2.05) is 19.9 Å². The first-order valence-electron chi connectivity index (χ1n) is 4.25. The molecule has 0 fully saturated rings. The van der Waals surface area contributed by atoms with Crippen LogP contribution < -0.4 is 11.5 Å². The molecule has 0 unspecified atom stereocenters. The fourth-order valence-corrected chi connectivity index (χ4v) is 1.54. The maximum absolute atomic E-state index is 5.74. The molecule has 0 atom stereocenters. The van der Waals surface area contributed by atoms with Crippen LogP contribution in [0.25, 0.3) is 10.9 Å². The predicted octanol–water partition coefficient (Wildman–Crippen LogP) is 0.806. The predicted molar refractivity (Wildman–Crippen MR) is 55.6 cm³/mol. The van der Waals surface area contributed by atoms with Gasteiger partial charge in [0.25, 0.3) is 0 Å². The van der Waals surface area contributed by atoms with Crippen molar-refractivity contribution in [1.29, 1.82) is 0 Å². The summed E-state index contributed by atoms with van der Waals surface area (Å²) in [5, 5.41) is 0.782. The van der Waals surface area contributed by atoms with E-state index in [-0.39, 0.29) is 5.95 Å². The molecule has 0 aliphatic rings. The Hall–Kier alpha value is -1.91. The van der Waals surface area contributed by atoms with Crippen LogP contribution in [0.2, 0.25) is 0 Å². The highest BCUT2D eigenvalue weighted by Crippen LogP contribution is 2.21. The third-order valence-corrected chi connectivity index (χ3v) is 2.03. The zero-order valence-corrected chi connectivity index (χ0v) is 8.07. The number of rotatable bonds is 0. The fraction of sp³-hybridized carbons (Fsp3) is 0.222. The van der Waals surface area contributed by atoms with Gasteiger partial charge in [-0.3, -0.25) is 4.98 Å². The van der Waals surface area contributed by atoms with Gasteiger partial charge in [0.2, 0.25) is 5.95 Å². The molecule has 4 N–H and O–H groups in total. The average molecular weight is 189 g/mol. The van der Waals surface area contributed by atoms with E-state index in [0.29, 0.717) is 5.82 Å². The summed E-state index contributed by atoms with van der Waals surface area (Å²) in [5.41, 5.74) is 13.7. The lowest BCUT2D eigenvalue weighted by Crippen LogP contribution is -2.02. The number of fused-ring (bicyclic) bond motifs is 1. The van der Waals surface area contributed by atoms with Gasteiger partial charge in [0, 0.05) is 5.69 Å². The van der Waals surface area contributed by atoms with Crippen molar-refractivity contribution in [3.8, 4) is 0 Å². The Labute approximate surface area is 81.2 Å². The fourth-order valence-electron chi connectivity index (χ4n) is 1.54. The van der Waals surface area contributed by atoms with Crippen molar-refractivity contribution >= 4 is 22.7 Å². The van der Waals surface area contributed by atoms with Crippen LogP contribution in [0, 0.1) is 13.8 Å². The number of nitrogens with two attached hydrogens (primary N) is 2. The number of aromatic nitrogens is 3. The van der Waals surface area contributed by atoms with E-state index in [4.69, 9.17) is 11.5 Å². The quantitative estimate of drug-likeness (QED) is 0.639. The lowest BCUT2D eigenvalue weighted by atomic mass is 10.2. The maximum Gasteiger partial charge on any atom is 0.222 e. The zero-order valence-electron chi connectivity index (χ0n) is 8.07. The highest BCUT2D eigenvalue weighted by atomic mass is 15.0. The van der Waals surface area contributed by atoms with Crippen molar-refractivity contribution < 1.29 is 0 Å². The van der Waals surface area contributed by atoms with Gasteiger partial charge in [0.1, 0.15) is 5.82 Å². The second kappa shape index (κ2) is 2.80. The summed E-state index contributed by atoms with van der Waals surface area (Å²) >= 11 is 0. The molecule has 2 rings (SSSR count). The molecule has 0 aromatic carbocycles. The Morgan fingerprint density at radius 2 is 1.79 bits per heavy atom. The summed E-state index contributed by atoms with van der Waals surface area (Å²) < 4.78 is 0. The second-order valence-electron chi connectivity index (χ2n) is 3.21. The monoisotopic (exact) mass is 189 g/mol. The third kappa shape index (κ3) is 1.22. The molecule has 0 aliphatic heterocycles. The topological polar surface area (TPSA) is 90.7 Å². The van der Waals surface area contributed by atoms with E-state index in [1.165, 1.54) is 0 Å². The highest BCUT2D eigenvalue weighted by molar-refractivity contribution is 5.90. The normalized spacial score (nSPS) is 10.7. The van der Waals surface area contributed by atoms with Crippen molar-refractivity contribution in [3.05, 3.63) is 17.5 Å². The first kappa shape index (κ1) is 8.68. The van der Waals surface area contributed by atoms with E-state index < -0.39 is 0 Å². The highest BCUT2D eigenvalue weighted by Gasteiger charge is 2.07. The summed E-state index contributed by atoms with van der Waals surface area (Å²) in [6.45, 7) is 3.78. The summed E-state index contributed by atoms with van der Waals surface area (Å²) in [6, 6.07) is 1.84. The van der Waals surface area contributed by atoms with E-state index in [2.05, 4.69) is 15.0 Å². The molecular weight excluding hydrogens is 178 g/mol. The van der Waals surface area contributed by atoms with Gasteiger partial charge in [0.05, 0.1) is 16.6 Å². The molecule has 2 heterocycles. The minimum atomic E-state index is 0.194. The van der Waals surface area contributed by atoms with Crippen molar-refractivity contribution in [3.63, 3.8) is 0 Å². The zero-order chi connectivity index (χ0) is 10.3. The lowest BCUT2D eigenvalue weighted by Gasteiger charge is -2.05. The van der Waals surface area contributed by atoms with Crippen LogP contribution in [0.5, 0.6) is 0 Å². The molecule has 0 aliphatic carbocycles. The largest absolute Gasteiger partial charge is 0.383 e. The van der Waals surface area contributed by atoms with Gasteiger partial charge in [-0.25, -0.2) is 4.98 Å². The SMILES string of the molecule is Cc1cc2nc(N)nc(N)c2c(C)n1. The Morgan fingerprint density at radius 1 is 1.07 bits per heavy atom. The second-order valence-corrected chi connectivity index (χ2v) is 3.21. The van der Waals surface area contributed by atoms with Gasteiger partial charge in [-0.05, 0) is 19.9 Å². The van der Waals surface area contributed by atoms with Crippen LogP contribution in [0.3, 0.4) is 0 Å². The number of nitrogens with zero attached hydrogens (tertiary/aromatic N) is 3. The first-order valence-corrected chi connectivity index (χ1v) is 4.25. The van der Waals surface area contributed by atoms with Gasteiger partial charge < -0.3 is 11.5 Å². The van der Waals surface area contributed by atoms with Crippen molar-refractivity contribution in [2.45, 2.75) is 13.8 Å². The molecule has 0 saturated carbocycles. The standard InChI is InChI=1S/C9H11N5/c1-4-3-6-7(5(2)12-4)8(10)14-9(11)13-6/h3H,1-2H3,(H4,10,11,13,14). The molecule has 0 radical (unpaired) electrons. The van der Waals surface area contributed by atoms with Crippen LogP contribution >= 0.6 is 0 Å². The number of aryl methyl sites for hydroxylation is 2. The molecular formula is C9H11N5. The van der Waals surface area contributed by atoms with E-state index in [9.17, 15) is 0 Å². The van der Waals surface area contributed by atoms with Crippen LogP contribution in [0.1, 0.15) is 11.4 Å². The molecule has 0 saturated heterocycles. The van der Waals surface area contributed by atoms with Gasteiger partial charge in [-0.1, -0.05) is 0 Å². The van der Waals surface area contributed by atoms with Gasteiger partial charge >= 0.3 is 0 Å². The minimum absolute atomic E-state index is 0.194. The number of anilines is 2. The molecule has 5 heteroatoms. The van der Waals surface area contributed by atoms with E-state index in [1.54, 1.807) is 0 Å². The van der Waals surface area contributed by atoms with Crippen LogP contribution in [-0.4, -0.2) is 15.0 Å². The van der Waals surface area contributed by atoms with Crippen LogP contribution in [-0.2, 0) is 0 Å². The summed E-state index contributed by atoms with van der Waals surface area (Å²) in [6.07, 6.45) is 0. The third-order valence-electron chi connectivity index (χ3n) is 2.03. The first-order chi connectivity index (χ1) is 6.58. The minimum Gasteiger partial charge on any atom is -0.383 e. The molecule has 0 spiro atoms. The molecule has 2 aromatic rings. The van der Waals surface area contributed by atoms with Crippen LogP contribution in [0.15, 0.2) is 6.07 Å². The molecule has 0 amide bonds. The number of nitrogen functional groups attached to an aromatic ring is 2. The van der Waals surface area contributed by atoms with Gasteiger partial charge in [-0.15, -0.1) is 0 Å². The molecule has 14 heavy (non-hydrogen) atoms. The number of hydrogen-bond donors (Lipinski definition) is 2. The Kier molecular flexibility index (Phi) is 1.73. The molecule has 5 nitrogen and oxygen atoms in total. The van der Waals surface area contributed by atoms with Crippen LogP contribution in [0.4, 0.5) is 11.8 Å². The van der Waals surface area contributed by atoms with Gasteiger partial charge in [-0.2, -0.15) is 4.98 Å². The molecule has 0 bridgehead atoms. The Balaban J connectivity index is 2.94. The smallest absolute Gasteiger partial charge is 0.222 e. The average Bonchev–Trinajstić information content (AvgIpc) is 1.99. The van der Waals surface area contributed by atoms with Crippen molar-refractivity contribution in [2.75, 3.05) is 11.5 Å². The molecule has 2 aromatic heterocycles. The lowest BCUT2D eigenvalue weighted by molar-refractivity contribution is 1.13.